The molecule has 0 spiro atoms. The Morgan fingerprint density at radius 2 is 0.541 bits per heavy atom. The lowest BCUT2D eigenvalue weighted by Gasteiger charge is -2.18. The van der Waals surface area contributed by atoms with Crippen molar-refractivity contribution in [1.82, 2.24) is 0 Å². The first-order valence-electron chi connectivity index (χ1n) is 27.4. The fourth-order valence-corrected chi connectivity index (χ4v) is 8.39. The summed E-state index contributed by atoms with van der Waals surface area (Å²) < 4.78 is 16.8. The molecule has 0 saturated carbocycles. The summed E-state index contributed by atoms with van der Waals surface area (Å²) in [6.07, 6.45) is 52.3. The summed E-state index contributed by atoms with van der Waals surface area (Å²) in [5.74, 6) is 0.00918. The number of rotatable bonds is 50. The van der Waals surface area contributed by atoms with E-state index in [2.05, 4.69) is 27.7 Å². The van der Waals surface area contributed by atoms with E-state index in [1.54, 1.807) is 0 Å². The maximum absolute atomic E-state index is 12.8. The van der Waals surface area contributed by atoms with Crippen LogP contribution in [0.3, 0.4) is 0 Å². The van der Waals surface area contributed by atoms with Gasteiger partial charge in [-0.3, -0.25) is 14.4 Å². The molecule has 0 amide bonds. The van der Waals surface area contributed by atoms with E-state index in [1.807, 2.05) is 0 Å². The second-order valence-corrected chi connectivity index (χ2v) is 19.3. The molecule has 6 nitrogen and oxygen atoms in total. The first kappa shape index (κ1) is 59.4. The highest BCUT2D eigenvalue weighted by molar-refractivity contribution is 5.71. The Morgan fingerprint density at radius 1 is 0.311 bits per heavy atom. The molecule has 0 rings (SSSR count). The van der Waals surface area contributed by atoms with Crippen LogP contribution in [0.2, 0.25) is 0 Å². The summed E-state index contributed by atoms with van der Waals surface area (Å²) in [4.78, 5) is 38.0. The molecule has 6 heteroatoms. The van der Waals surface area contributed by atoms with Crippen LogP contribution in [0.5, 0.6) is 0 Å². The molecule has 0 aromatic rings. The third-order valence-corrected chi connectivity index (χ3v) is 12.5. The van der Waals surface area contributed by atoms with Gasteiger partial charge in [0, 0.05) is 19.3 Å². The van der Waals surface area contributed by atoms with Crippen LogP contribution in [0.1, 0.15) is 310 Å². The molecule has 0 aliphatic carbocycles. The quantitative estimate of drug-likeness (QED) is 0.0344. The Labute approximate surface area is 380 Å². The number of esters is 3. The summed E-state index contributed by atoms with van der Waals surface area (Å²) in [5, 5.41) is 0. The Morgan fingerprint density at radius 3 is 0.803 bits per heavy atom. The van der Waals surface area contributed by atoms with E-state index in [4.69, 9.17) is 14.2 Å². The van der Waals surface area contributed by atoms with Gasteiger partial charge in [-0.2, -0.15) is 0 Å². The third-order valence-electron chi connectivity index (χ3n) is 12.5. The van der Waals surface area contributed by atoms with Crippen molar-refractivity contribution < 1.29 is 28.6 Å². The lowest BCUT2D eigenvalue weighted by atomic mass is 10.0. The van der Waals surface area contributed by atoms with Gasteiger partial charge in [-0.05, 0) is 25.2 Å². The molecule has 0 radical (unpaired) electrons. The van der Waals surface area contributed by atoms with Gasteiger partial charge in [-0.25, -0.2) is 0 Å². The summed E-state index contributed by atoms with van der Waals surface area (Å²) >= 11 is 0. The van der Waals surface area contributed by atoms with Gasteiger partial charge in [-0.15, -0.1) is 0 Å². The molecular formula is C55H106O6. The van der Waals surface area contributed by atoms with Crippen LogP contribution in [-0.2, 0) is 28.6 Å². The molecule has 0 bridgehead atoms. The van der Waals surface area contributed by atoms with Crippen molar-refractivity contribution >= 4 is 17.9 Å². The van der Waals surface area contributed by atoms with Crippen molar-refractivity contribution in [2.24, 2.45) is 5.92 Å². The summed E-state index contributed by atoms with van der Waals surface area (Å²) in [6, 6.07) is 0. The largest absolute Gasteiger partial charge is 0.462 e. The Hall–Kier alpha value is -1.59. The zero-order chi connectivity index (χ0) is 44.5. The number of unbranched alkanes of at least 4 members (excludes halogenated alkanes) is 37. The predicted octanol–water partition coefficient (Wildman–Crippen LogP) is 17.8. The van der Waals surface area contributed by atoms with Gasteiger partial charge in [-0.1, -0.05) is 272 Å². The summed E-state index contributed by atoms with van der Waals surface area (Å²) in [7, 11) is 0. The van der Waals surface area contributed by atoms with Crippen LogP contribution in [-0.4, -0.2) is 37.2 Å². The molecule has 61 heavy (non-hydrogen) atoms. The molecule has 1 atom stereocenters. The molecule has 0 saturated heterocycles. The van der Waals surface area contributed by atoms with Gasteiger partial charge in [0.05, 0.1) is 0 Å². The van der Waals surface area contributed by atoms with E-state index in [9.17, 15) is 14.4 Å². The van der Waals surface area contributed by atoms with E-state index in [-0.39, 0.29) is 31.1 Å². The highest BCUT2D eigenvalue weighted by Gasteiger charge is 2.19. The highest BCUT2D eigenvalue weighted by Crippen LogP contribution is 2.17. The number of ether oxygens (including phenoxy) is 3. The molecular weight excluding hydrogens is 757 g/mol. The first-order chi connectivity index (χ1) is 29.9. The molecule has 0 fully saturated rings. The molecule has 0 aliphatic rings. The Bertz CT molecular complexity index is 918. The van der Waals surface area contributed by atoms with E-state index < -0.39 is 6.10 Å². The zero-order valence-electron chi connectivity index (χ0n) is 41.6. The van der Waals surface area contributed by atoms with Crippen LogP contribution in [0.25, 0.3) is 0 Å². The van der Waals surface area contributed by atoms with Crippen molar-refractivity contribution in [3.63, 3.8) is 0 Å². The van der Waals surface area contributed by atoms with Crippen molar-refractivity contribution in [3.8, 4) is 0 Å². The van der Waals surface area contributed by atoms with E-state index >= 15 is 0 Å². The smallest absolute Gasteiger partial charge is 0.306 e. The van der Waals surface area contributed by atoms with Crippen molar-refractivity contribution in [2.45, 2.75) is 316 Å². The highest BCUT2D eigenvalue weighted by atomic mass is 16.6. The van der Waals surface area contributed by atoms with Crippen LogP contribution in [0, 0.1) is 5.92 Å². The normalized spacial score (nSPS) is 12.0. The molecule has 362 valence electrons. The zero-order valence-corrected chi connectivity index (χ0v) is 41.6. The van der Waals surface area contributed by atoms with Gasteiger partial charge >= 0.3 is 17.9 Å². The van der Waals surface area contributed by atoms with Gasteiger partial charge in [0.2, 0.25) is 0 Å². The van der Waals surface area contributed by atoms with Crippen molar-refractivity contribution in [1.29, 1.82) is 0 Å². The van der Waals surface area contributed by atoms with Gasteiger partial charge in [0.15, 0.2) is 6.10 Å². The molecule has 0 aromatic heterocycles. The molecule has 0 heterocycles. The Kier molecular flexibility index (Phi) is 48.1. The lowest BCUT2D eigenvalue weighted by molar-refractivity contribution is -0.167. The summed E-state index contributed by atoms with van der Waals surface area (Å²) in [5.41, 5.74) is 0. The second kappa shape index (κ2) is 49.4. The number of hydrogen-bond donors (Lipinski definition) is 0. The van der Waals surface area contributed by atoms with Crippen molar-refractivity contribution in [3.05, 3.63) is 0 Å². The fraction of sp³-hybridized carbons (Fsp3) is 0.945. The van der Waals surface area contributed by atoms with Crippen LogP contribution in [0.15, 0.2) is 0 Å². The second-order valence-electron chi connectivity index (χ2n) is 19.3. The van der Waals surface area contributed by atoms with Crippen LogP contribution >= 0.6 is 0 Å². The van der Waals surface area contributed by atoms with E-state index in [0.29, 0.717) is 19.3 Å². The Balaban J connectivity index is 4.26. The van der Waals surface area contributed by atoms with E-state index in [0.717, 1.165) is 63.7 Å². The summed E-state index contributed by atoms with van der Waals surface area (Å²) in [6.45, 7) is 9.05. The minimum atomic E-state index is -0.760. The maximum Gasteiger partial charge on any atom is 0.306 e. The third kappa shape index (κ3) is 49.3. The number of carbonyl (C=O) groups excluding carboxylic acids is 3. The predicted molar refractivity (Wildman–Crippen MR) is 261 cm³/mol. The minimum Gasteiger partial charge on any atom is -0.462 e. The van der Waals surface area contributed by atoms with Gasteiger partial charge in [0.25, 0.3) is 0 Å². The standard InChI is InChI=1S/C55H106O6/c1-5-7-9-11-13-15-17-18-23-28-32-36-40-44-48-55(58)61-52(49-59-53(56)46-42-38-34-30-25-16-14-12-10-8-6-2)50-60-54(57)47-43-39-35-31-27-24-21-19-20-22-26-29-33-37-41-45-51(3)4/h51-52H,5-50H2,1-4H3/t52-/m0/s1. The first-order valence-corrected chi connectivity index (χ1v) is 27.4. The van der Waals surface area contributed by atoms with Crippen LogP contribution < -0.4 is 0 Å². The number of hydrogen-bond acceptors (Lipinski definition) is 6. The minimum absolute atomic E-state index is 0.0622. The monoisotopic (exact) mass is 863 g/mol. The average Bonchev–Trinajstić information content (AvgIpc) is 3.24. The average molecular weight is 863 g/mol. The lowest BCUT2D eigenvalue weighted by Crippen LogP contribution is -2.30. The van der Waals surface area contributed by atoms with Gasteiger partial charge < -0.3 is 14.2 Å². The van der Waals surface area contributed by atoms with E-state index in [1.165, 1.54) is 205 Å². The fourth-order valence-electron chi connectivity index (χ4n) is 8.39. The molecule has 0 N–H and O–H groups in total. The molecule has 0 aromatic carbocycles. The SMILES string of the molecule is CCCCCCCCCCCCCCCCC(=O)O[C@@H](COC(=O)CCCCCCCCCCCCC)COC(=O)CCCCCCCCCCCCCCCCCC(C)C. The van der Waals surface area contributed by atoms with Gasteiger partial charge in [0.1, 0.15) is 13.2 Å². The molecule has 0 aliphatic heterocycles. The van der Waals surface area contributed by atoms with Crippen LogP contribution in [0.4, 0.5) is 0 Å². The number of carbonyl (C=O) groups is 3. The van der Waals surface area contributed by atoms with Crippen molar-refractivity contribution in [2.75, 3.05) is 13.2 Å². The topological polar surface area (TPSA) is 78.9 Å². The molecule has 0 unspecified atom stereocenters. The maximum atomic E-state index is 12.8.